The molecule has 0 aliphatic carbocycles. The fraction of sp³-hybridized carbons (Fsp3) is 0.429. The van der Waals surface area contributed by atoms with Crippen LogP contribution in [0.25, 0.3) is 0 Å². The number of para-hydroxylation sites is 1. The number of fused-ring (bicyclic) bond motifs is 5. The maximum absolute atomic E-state index is 13.1. The number of benzene rings is 2. The average Bonchev–Trinajstić information content (AvgIpc) is 2.71. The molecular formula is C21H24BN2O2S. The van der Waals surface area contributed by atoms with Crippen molar-refractivity contribution >= 4 is 30.6 Å². The van der Waals surface area contributed by atoms with Gasteiger partial charge in [0, 0.05) is 22.0 Å². The molecule has 139 valence electrons. The highest BCUT2D eigenvalue weighted by molar-refractivity contribution is 7.85. The quantitative estimate of drug-likeness (QED) is 0.767. The molecule has 6 rings (SSSR count). The summed E-state index contributed by atoms with van der Waals surface area (Å²) in [5.41, 5.74) is 3.16. The van der Waals surface area contributed by atoms with Gasteiger partial charge in [0.2, 0.25) is 0 Å². The third-order valence-corrected chi connectivity index (χ3v) is 7.54. The zero-order chi connectivity index (χ0) is 17.7. The highest BCUT2D eigenvalue weighted by Gasteiger charge is 2.34. The fourth-order valence-electron chi connectivity index (χ4n) is 4.52. The minimum absolute atomic E-state index is 0. The summed E-state index contributed by atoms with van der Waals surface area (Å²) in [6, 6.07) is 14.2. The first kappa shape index (κ1) is 18.7. The number of ether oxygens (including phenoxy) is 1. The Labute approximate surface area is 165 Å². The summed E-state index contributed by atoms with van der Waals surface area (Å²) >= 11 is 0. The second-order valence-electron chi connectivity index (χ2n) is 7.59. The Hall–Kier alpha value is -1.63. The number of hydrogen-bond acceptors (Lipinski definition) is 4. The van der Waals surface area contributed by atoms with Gasteiger partial charge >= 0.3 is 0 Å². The number of anilines is 2. The summed E-state index contributed by atoms with van der Waals surface area (Å²) in [4.78, 5) is 6.42. The van der Waals surface area contributed by atoms with Gasteiger partial charge in [-0.25, -0.2) is 4.21 Å². The van der Waals surface area contributed by atoms with Crippen molar-refractivity contribution in [3.05, 3.63) is 48.0 Å². The predicted octanol–water partition coefficient (Wildman–Crippen LogP) is 3.16. The van der Waals surface area contributed by atoms with Crippen molar-refractivity contribution in [3.8, 4) is 0 Å². The monoisotopic (exact) mass is 379 g/mol. The van der Waals surface area contributed by atoms with Crippen LogP contribution in [0.1, 0.15) is 18.4 Å². The molecule has 2 aromatic carbocycles. The average molecular weight is 379 g/mol. The second kappa shape index (κ2) is 7.42. The van der Waals surface area contributed by atoms with Crippen LogP contribution in [0.5, 0.6) is 0 Å². The Morgan fingerprint density at radius 3 is 2.56 bits per heavy atom. The molecule has 2 atom stereocenters. The van der Waals surface area contributed by atoms with Gasteiger partial charge in [-0.3, -0.25) is 0 Å². The van der Waals surface area contributed by atoms with Crippen LogP contribution in [0.3, 0.4) is 0 Å². The van der Waals surface area contributed by atoms with Crippen LogP contribution in [-0.4, -0.2) is 50.3 Å². The van der Waals surface area contributed by atoms with E-state index in [0.29, 0.717) is 18.6 Å². The topological polar surface area (TPSA) is 32.8 Å². The van der Waals surface area contributed by atoms with Gasteiger partial charge in [0.15, 0.2) is 0 Å². The van der Waals surface area contributed by atoms with E-state index in [9.17, 15) is 4.21 Å². The predicted molar refractivity (Wildman–Crippen MR) is 109 cm³/mol. The number of hydrogen-bond donors (Lipinski definition) is 0. The van der Waals surface area contributed by atoms with Crippen LogP contribution in [0, 0.1) is 5.92 Å². The summed E-state index contributed by atoms with van der Waals surface area (Å²) in [6.45, 7) is 4.13. The summed E-state index contributed by atoms with van der Waals surface area (Å²) < 4.78 is 19.3. The summed E-state index contributed by atoms with van der Waals surface area (Å²) in [6.07, 6.45) is 2.88. The van der Waals surface area contributed by atoms with Crippen molar-refractivity contribution < 1.29 is 8.95 Å². The lowest BCUT2D eigenvalue weighted by Gasteiger charge is -2.44. The normalized spacial score (nSPS) is 28.3. The molecule has 4 aliphatic heterocycles. The Morgan fingerprint density at radius 1 is 1.07 bits per heavy atom. The lowest BCUT2D eigenvalue weighted by molar-refractivity contribution is -0.0766. The lowest BCUT2D eigenvalue weighted by Crippen LogP contribution is -2.51. The first-order valence-corrected chi connectivity index (χ1v) is 10.6. The summed E-state index contributed by atoms with van der Waals surface area (Å²) in [7, 11) is 0.903. The van der Waals surface area contributed by atoms with Crippen molar-refractivity contribution in [2.75, 3.05) is 31.6 Å². The van der Waals surface area contributed by atoms with E-state index in [0.717, 1.165) is 33.3 Å². The minimum Gasteiger partial charge on any atom is -0.372 e. The summed E-state index contributed by atoms with van der Waals surface area (Å²) in [5.74, 6) is 0.713. The molecule has 6 heteroatoms. The Bertz CT molecular complexity index is 867. The van der Waals surface area contributed by atoms with E-state index in [1.54, 1.807) is 0 Å². The van der Waals surface area contributed by atoms with Gasteiger partial charge in [0.05, 0.1) is 44.7 Å². The molecule has 2 aromatic rings. The Balaban J connectivity index is 0.00000180. The zero-order valence-corrected chi connectivity index (χ0v) is 16.5. The van der Waals surface area contributed by atoms with Gasteiger partial charge in [-0.1, -0.05) is 18.2 Å². The largest absolute Gasteiger partial charge is 0.372 e. The van der Waals surface area contributed by atoms with Crippen LogP contribution in [0.4, 0.5) is 11.4 Å². The van der Waals surface area contributed by atoms with Crippen LogP contribution in [0.15, 0.2) is 52.3 Å². The molecule has 4 aliphatic rings. The first-order chi connectivity index (χ1) is 12.7. The summed E-state index contributed by atoms with van der Waals surface area (Å²) in [5, 5.41) is 0. The molecule has 2 bridgehead atoms. The van der Waals surface area contributed by atoms with Crippen molar-refractivity contribution in [1.29, 1.82) is 0 Å². The maximum Gasteiger partial charge on any atom is 0.0892 e. The minimum atomic E-state index is -1.14. The molecule has 4 nitrogen and oxygen atoms in total. The Morgan fingerprint density at radius 2 is 1.81 bits per heavy atom. The molecule has 27 heavy (non-hydrogen) atoms. The zero-order valence-electron chi connectivity index (χ0n) is 15.6. The molecule has 0 spiro atoms. The molecule has 4 heterocycles. The lowest BCUT2D eigenvalue weighted by atomic mass is 9.86. The van der Waals surface area contributed by atoms with Crippen molar-refractivity contribution in [2.24, 2.45) is 5.92 Å². The third kappa shape index (κ3) is 3.24. The van der Waals surface area contributed by atoms with Crippen LogP contribution < -0.4 is 4.90 Å². The third-order valence-electron chi connectivity index (χ3n) is 6.07. The molecular weight excluding hydrogens is 355 g/mol. The molecule has 0 saturated carbocycles. The van der Waals surface area contributed by atoms with Crippen molar-refractivity contribution in [1.82, 2.24) is 4.90 Å². The molecule has 3 saturated heterocycles. The molecule has 3 fully saturated rings. The highest BCUT2D eigenvalue weighted by Crippen LogP contribution is 2.41. The van der Waals surface area contributed by atoms with Crippen molar-refractivity contribution in [2.45, 2.75) is 35.3 Å². The molecule has 0 amide bonds. The Kier molecular flexibility index (Phi) is 5.14. The SMILES string of the molecule is CN1c2ccccc2S(=O)c2cc(COC3CN4CCC3CC4)ccc21.[B]. The molecule has 0 aromatic heterocycles. The fourth-order valence-corrected chi connectivity index (χ4v) is 6.00. The van der Waals surface area contributed by atoms with Crippen LogP contribution >= 0.6 is 0 Å². The molecule has 3 radical (unpaired) electrons. The van der Waals surface area contributed by atoms with Crippen molar-refractivity contribution in [3.63, 3.8) is 0 Å². The van der Waals surface area contributed by atoms with E-state index in [1.165, 1.54) is 25.9 Å². The van der Waals surface area contributed by atoms with E-state index in [4.69, 9.17) is 4.74 Å². The molecule has 2 unspecified atom stereocenters. The van der Waals surface area contributed by atoms with E-state index in [1.807, 2.05) is 31.3 Å². The van der Waals surface area contributed by atoms with Gasteiger partial charge < -0.3 is 14.5 Å². The number of piperidine rings is 3. The maximum atomic E-state index is 13.1. The van der Waals surface area contributed by atoms with E-state index >= 15 is 0 Å². The molecule has 0 N–H and O–H groups in total. The van der Waals surface area contributed by atoms with Gasteiger partial charge in [-0.2, -0.15) is 0 Å². The van der Waals surface area contributed by atoms with E-state index in [-0.39, 0.29) is 8.41 Å². The standard InChI is InChI=1S/C21H24N2O2S.B/c1-22-17-4-2-3-5-20(17)26(24)21-12-15(6-7-18(21)22)14-25-19-13-23-10-8-16(19)9-11-23;/h2-7,12,16,19H,8-11,13-14H2,1H3;. The van der Waals surface area contributed by atoms with Gasteiger partial charge in [0.25, 0.3) is 0 Å². The van der Waals surface area contributed by atoms with E-state index < -0.39 is 10.8 Å². The first-order valence-electron chi connectivity index (χ1n) is 9.42. The second-order valence-corrected chi connectivity index (χ2v) is 9.00. The van der Waals surface area contributed by atoms with Crippen LogP contribution in [-0.2, 0) is 22.1 Å². The van der Waals surface area contributed by atoms with Gasteiger partial charge in [-0.15, -0.1) is 0 Å². The smallest absolute Gasteiger partial charge is 0.0892 e. The highest BCUT2D eigenvalue weighted by atomic mass is 32.2. The number of nitrogens with zero attached hydrogens (tertiary/aromatic N) is 2. The van der Waals surface area contributed by atoms with E-state index in [2.05, 4.69) is 28.0 Å². The van der Waals surface area contributed by atoms with Crippen LogP contribution in [0.2, 0.25) is 0 Å². The van der Waals surface area contributed by atoms with Gasteiger partial charge in [-0.05, 0) is 61.7 Å². The number of rotatable bonds is 3. The van der Waals surface area contributed by atoms with Gasteiger partial charge in [0.1, 0.15) is 0 Å².